The van der Waals surface area contributed by atoms with Crippen molar-refractivity contribution in [1.29, 1.82) is 0 Å². The zero-order valence-electron chi connectivity index (χ0n) is 15.9. The first-order chi connectivity index (χ1) is 12.2. The van der Waals surface area contributed by atoms with E-state index in [1.54, 1.807) is 18.4 Å². The Kier molecular flexibility index (Phi) is 10.6. The highest BCUT2D eigenvalue weighted by Crippen LogP contribution is 2.27. The van der Waals surface area contributed by atoms with Crippen molar-refractivity contribution in [2.45, 2.75) is 19.5 Å². The average Bonchev–Trinajstić information content (AvgIpc) is 3.13. The Balaban J connectivity index is 0.00000338. The van der Waals surface area contributed by atoms with E-state index >= 15 is 0 Å². The van der Waals surface area contributed by atoms with Crippen molar-refractivity contribution < 1.29 is 4.74 Å². The molecule has 2 aromatic rings. The number of para-hydroxylation sites is 1. The van der Waals surface area contributed by atoms with Gasteiger partial charge in [0.05, 0.1) is 19.7 Å². The molecule has 26 heavy (non-hydrogen) atoms. The predicted molar refractivity (Wildman–Crippen MR) is 122 cm³/mol. The molecule has 1 unspecified atom stereocenters. The van der Waals surface area contributed by atoms with Crippen LogP contribution in [0.25, 0.3) is 0 Å². The summed E-state index contributed by atoms with van der Waals surface area (Å²) in [6, 6.07) is 10.4. The molecule has 0 bridgehead atoms. The van der Waals surface area contributed by atoms with Crippen molar-refractivity contribution in [3.63, 3.8) is 0 Å². The van der Waals surface area contributed by atoms with Crippen molar-refractivity contribution in [2.24, 2.45) is 4.99 Å². The second-order valence-electron chi connectivity index (χ2n) is 5.93. The van der Waals surface area contributed by atoms with E-state index in [4.69, 9.17) is 4.74 Å². The molecule has 0 aliphatic heterocycles. The lowest BCUT2D eigenvalue weighted by molar-refractivity contribution is 0.287. The quantitative estimate of drug-likeness (QED) is 0.338. The van der Waals surface area contributed by atoms with Crippen LogP contribution in [0.1, 0.15) is 24.1 Å². The lowest BCUT2D eigenvalue weighted by atomic mass is 10.0. The first kappa shape index (κ1) is 22.7. The van der Waals surface area contributed by atoms with E-state index in [1.165, 1.54) is 5.56 Å². The van der Waals surface area contributed by atoms with E-state index in [1.807, 2.05) is 18.2 Å². The van der Waals surface area contributed by atoms with Crippen LogP contribution in [0.5, 0.6) is 5.75 Å². The molecule has 0 fully saturated rings. The molecule has 1 heterocycles. The molecule has 1 atom stereocenters. The minimum atomic E-state index is 0. The van der Waals surface area contributed by atoms with E-state index in [0.29, 0.717) is 6.54 Å². The van der Waals surface area contributed by atoms with Crippen LogP contribution >= 0.6 is 35.3 Å². The number of nitrogens with one attached hydrogen (secondary N) is 2. The molecular formula is C19H29IN4OS. The lowest BCUT2D eigenvalue weighted by Crippen LogP contribution is -2.41. The van der Waals surface area contributed by atoms with Crippen molar-refractivity contribution in [3.8, 4) is 5.75 Å². The molecule has 0 aliphatic rings. The number of thiophene rings is 1. The monoisotopic (exact) mass is 488 g/mol. The van der Waals surface area contributed by atoms with Gasteiger partial charge >= 0.3 is 0 Å². The predicted octanol–water partition coefficient (Wildman–Crippen LogP) is 3.73. The maximum absolute atomic E-state index is 5.53. The fourth-order valence-corrected chi connectivity index (χ4v) is 3.26. The van der Waals surface area contributed by atoms with Crippen LogP contribution in [-0.2, 0) is 6.54 Å². The van der Waals surface area contributed by atoms with Gasteiger partial charge in [0, 0.05) is 18.7 Å². The highest BCUT2D eigenvalue weighted by Gasteiger charge is 2.18. The maximum Gasteiger partial charge on any atom is 0.191 e. The molecule has 1 aromatic heterocycles. The molecule has 7 heteroatoms. The zero-order valence-corrected chi connectivity index (χ0v) is 19.0. The van der Waals surface area contributed by atoms with Gasteiger partial charge in [0.25, 0.3) is 0 Å². The molecule has 5 nitrogen and oxygen atoms in total. The fourth-order valence-electron chi connectivity index (χ4n) is 2.60. The number of ether oxygens (including phenoxy) is 1. The summed E-state index contributed by atoms with van der Waals surface area (Å²) in [6.45, 7) is 4.32. The van der Waals surface area contributed by atoms with Gasteiger partial charge in [-0.05, 0) is 49.5 Å². The Bertz CT molecular complexity index is 661. The van der Waals surface area contributed by atoms with Gasteiger partial charge in [0.2, 0.25) is 0 Å². The van der Waals surface area contributed by atoms with Crippen LogP contribution in [-0.4, -0.2) is 45.2 Å². The average molecular weight is 488 g/mol. The third-order valence-corrected chi connectivity index (χ3v) is 4.66. The Morgan fingerprint density at radius 2 is 2.00 bits per heavy atom. The fraction of sp³-hybridized carbons (Fsp3) is 0.421. The first-order valence-electron chi connectivity index (χ1n) is 8.48. The molecule has 2 rings (SSSR count). The first-order valence-corrected chi connectivity index (χ1v) is 9.42. The topological polar surface area (TPSA) is 48.9 Å². The lowest BCUT2D eigenvalue weighted by Gasteiger charge is -2.27. The molecular weight excluding hydrogens is 459 g/mol. The van der Waals surface area contributed by atoms with Crippen molar-refractivity contribution in [3.05, 3.63) is 52.2 Å². The van der Waals surface area contributed by atoms with Crippen LogP contribution in [0.4, 0.5) is 0 Å². The summed E-state index contributed by atoms with van der Waals surface area (Å²) >= 11 is 1.70. The van der Waals surface area contributed by atoms with Crippen LogP contribution in [0.2, 0.25) is 0 Å². The standard InChI is InChI=1S/C19H28N4OS.HI/c1-5-20-19(21-12-15-10-11-25-14-15)22-13-17(23(2)3)16-8-6-7-9-18(16)24-4;/h6-11,14,17H,5,12-13H2,1-4H3,(H2,20,21,22);1H. The Morgan fingerprint density at radius 1 is 1.23 bits per heavy atom. The van der Waals surface area contributed by atoms with Crippen molar-refractivity contribution in [2.75, 3.05) is 34.3 Å². The van der Waals surface area contributed by atoms with Gasteiger partial charge in [-0.25, -0.2) is 4.99 Å². The smallest absolute Gasteiger partial charge is 0.191 e. The third-order valence-electron chi connectivity index (χ3n) is 3.93. The van der Waals surface area contributed by atoms with Gasteiger partial charge in [0.1, 0.15) is 5.75 Å². The van der Waals surface area contributed by atoms with E-state index in [2.05, 4.69) is 64.4 Å². The molecule has 0 radical (unpaired) electrons. The van der Waals surface area contributed by atoms with Gasteiger partial charge in [0.15, 0.2) is 5.96 Å². The molecule has 0 aliphatic carbocycles. The minimum absolute atomic E-state index is 0. The summed E-state index contributed by atoms with van der Waals surface area (Å²) in [6.07, 6.45) is 0. The molecule has 0 spiro atoms. The molecule has 1 aromatic carbocycles. The van der Waals surface area contributed by atoms with E-state index in [9.17, 15) is 0 Å². The third kappa shape index (κ3) is 6.77. The zero-order chi connectivity index (χ0) is 18.1. The van der Waals surface area contributed by atoms with E-state index < -0.39 is 0 Å². The molecule has 0 saturated carbocycles. The van der Waals surface area contributed by atoms with Crippen molar-refractivity contribution >= 4 is 41.3 Å². The summed E-state index contributed by atoms with van der Waals surface area (Å²) in [5.74, 6) is 1.73. The maximum atomic E-state index is 5.53. The number of aliphatic imine (C=N–C) groups is 1. The molecule has 144 valence electrons. The molecule has 0 saturated heterocycles. The van der Waals surface area contributed by atoms with Crippen LogP contribution in [0, 0.1) is 0 Å². The highest BCUT2D eigenvalue weighted by atomic mass is 127. The largest absolute Gasteiger partial charge is 0.496 e. The van der Waals surface area contributed by atoms with Crippen LogP contribution < -0.4 is 15.4 Å². The van der Waals surface area contributed by atoms with Gasteiger partial charge in [-0.2, -0.15) is 11.3 Å². The highest BCUT2D eigenvalue weighted by molar-refractivity contribution is 14.0. The number of likely N-dealkylation sites (N-methyl/N-ethyl adjacent to an activating group) is 1. The molecule has 2 N–H and O–H groups in total. The van der Waals surface area contributed by atoms with Crippen LogP contribution in [0.3, 0.4) is 0 Å². The number of rotatable bonds is 8. The van der Waals surface area contributed by atoms with Crippen molar-refractivity contribution in [1.82, 2.24) is 15.5 Å². The van der Waals surface area contributed by atoms with Crippen LogP contribution in [0.15, 0.2) is 46.1 Å². The van der Waals surface area contributed by atoms with E-state index in [-0.39, 0.29) is 30.0 Å². The van der Waals surface area contributed by atoms with Gasteiger partial charge in [-0.1, -0.05) is 18.2 Å². The minimum Gasteiger partial charge on any atom is -0.496 e. The summed E-state index contributed by atoms with van der Waals surface area (Å²) < 4.78 is 5.53. The summed E-state index contributed by atoms with van der Waals surface area (Å²) in [5.41, 5.74) is 2.40. The number of methoxy groups -OCH3 is 1. The number of hydrogen-bond donors (Lipinski definition) is 2. The number of halogens is 1. The summed E-state index contributed by atoms with van der Waals surface area (Å²) in [4.78, 5) is 6.86. The number of hydrogen-bond acceptors (Lipinski definition) is 4. The second kappa shape index (κ2) is 12.1. The number of guanidine groups is 1. The summed E-state index contributed by atoms with van der Waals surface area (Å²) in [5, 5.41) is 11.0. The SMILES string of the molecule is CCNC(=NCc1ccsc1)NCC(c1ccccc1OC)N(C)C.I. The van der Waals surface area contributed by atoms with Gasteiger partial charge < -0.3 is 20.3 Å². The number of benzene rings is 1. The second-order valence-corrected chi connectivity index (χ2v) is 6.71. The Morgan fingerprint density at radius 3 is 2.62 bits per heavy atom. The number of nitrogens with zero attached hydrogens (tertiary/aromatic N) is 2. The normalized spacial score (nSPS) is 12.4. The Hall–Kier alpha value is -1.32. The van der Waals surface area contributed by atoms with E-state index in [0.717, 1.165) is 30.4 Å². The Labute approximate surface area is 177 Å². The van der Waals surface area contributed by atoms with Gasteiger partial charge in [-0.15, -0.1) is 24.0 Å². The van der Waals surface area contributed by atoms with Gasteiger partial charge in [-0.3, -0.25) is 0 Å². The summed E-state index contributed by atoms with van der Waals surface area (Å²) in [7, 11) is 5.87. The molecule has 0 amide bonds.